The second kappa shape index (κ2) is 7.60. The van der Waals surface area contributed by atoms with Gasteiger partial charge in [-0.2, -0.15) is 4.98 Å². The molecule has 5 nitrogen and oxygen atoms in total. The fourth-order valence-electron chi connectivity index (χ4n) is 2.26. The number of hydrogen-bond acceptors (Lipinski definition) is 5. The average molecular weight is 267 g/mol. The van der Waals surface area contributed by atoms with Crippen molar-refractivity contribution >= 4 is 0 Å². The highest BCUT2D eigenvalue weighted by molar-refractivity contribution is 4.98. The molecule has 1 fully saturated rings. The zero-order chi connectivity index (χ0) is 13.5. The Morgan fingerprint density at radius 2 is 2.11 bits per heavy atom. The van der Waals surface area contributed by atoms with Crippen molar-refractivity contribution < 1.29 is 9.26 Å². The van der Waals surface area contributed by atoms with Crippen molar-refractivity contribution in [2.75, 3.05) is 13.2 Å². The number of rotatable bonds is 10. The van der Waals surface area contributed by atoms with Gasteiger partial charge < -0.3 is 15.0 Å². The lowest BCUT2D eigenvalue weighted by Gasteiger charge is -2.10. The van der Waals surface area contributed by atoms with Crippen molar-refractivity contribution in [1.82, 2.24) is 10.1 Å². The number of ether oxygens (including phenoxy) is 1. The molecule has 1 saturated carbocycles. The van der Waals surface area contributed by atoms with E-state index in [4.69, 9.17) is 15.0 Å². The first-order valence-corrected chi connectivity index (χ1v) is 7.49. The van der Waals surface area contributed by atoms with Gasteiger partial charge in [0, 0.05) is 13.0 Å². The van der Waals surface area contributed by atoms with E-state index in [2.05, 4.69) is 10.1 Å². The molecule has 2 N–H and O–H groups in total. The van der Waals surface area contributed by atoms with Gasteiger partial charge in [0.2, 0.25) is 11.7 Å². The van der Waals surface area contributed by atoms with Crippen LogP contribution >= 0.6 is 0 Å². The molecule has 0 saturated heterocycles. The largest absolute Gasteiger partial charge is 0.370 e. The van der Waals surface area contributed by atoms with Gasteiger partial charge in [-0.05, 0) is 45.1 Å². The number of nitrogens with zero attached hydrogens (tertiary/aromatic N) is 2. The lowest BCUT2D eigenvalue weighted by molar-refractivity contribution is 0.0384. The van der Waals surface area contributed by atoms with Gasteiger partial charge in [0.25, 0.3) is 0 Å². The fourth-order valence-corrected chi connectivity index (χ4v) is 2.26. The van der Waals surface area contributed by atoms with E-state index in [1.165, 1.54) is 25.7 Å². The molecule has 0 spiro atoms. The smallest absolute Gasteiger partial charge is 0.226 e. The molecule has 5 heteroatoms. The Bertz CT molecular complexity index is 363. The Morgan fingerprint density at radius 3 is 2.79 bits per heavy atom. The number of aromatic nitrogens is 2. The van der Waals surface area contributed by atoms with Crippen LogP contribution in [0.1, 0.15) is 63.3 Å². The molecule has 0 aromatic carbocycles. The summed E-state index contributed by atoms with van der Waals surface area (Å²) in [5, 5.41) is 4.08. The molecule has 0 radical (unpaired) electrons. The Kier molecular flexibility index (Phi) is 5.79. The maximum absolute atomic E-state index is 5.72. The molecule has 1 atom stereocenters. The maximum atomic E-state index is 5.72. The molecule has 0 aliphatic heterocycles. The number of nitrogens with two attached hydrogens (primary N) is 1. The molecular formula is C14H25N3O2. The van der Waals surface area contributed by atoms with Gasteiger partial charge in [0.05, 0.1) is 0 Å². The summed E-state index contributed by atoms with van der Waals surface area (Å²) in [6, 6.07) is 0. The highest BCUT2D eigenvalue weighted by Crippen LogP contribution is 2.42. The van der Waals surface area contributed by atoms with Crippen molar-refractivity contribution in [2.45, 2.75) is 58.0 Å². The summed E-state index contributed by atoms with van der Waals surface area (Å²) in [5.74, 6) is 2.07. The van der Waals surface area contributed by atoms with E-state index < -0.39 is 0 Å². The summed E-state index contributed by atoms with van der Waals surface area (Å²) in [4.78, 5) is 4.48. The first-order chi connectivity index (χ1) is 9.35. The topological polar surface area (TPSA) is 74.2 Å². The van der Waals surface area contributed by atoms with E-state index in [1.807, 2.05) is 6.92 Å². The third-order valence-electron chi connectivity index (χ3n) is 3.48. The zero-order valence-corrected chi connectivity index (χ0v) is 11.8. The zero-order valence-electron chi connectivity index (χ0n) is 11.8. The Labute approximate surface area is 114 Å². The lowest BCUT2D eigenvalue weighted by atomic mass is 10.1. The van der Waals surface area contributed by atoms with E-state index in [-0.39, 0.29) is 6.10 Å². The van der Waals surface area contributed by atoms with Crippen LogP contribution < -0.4 is 5.73 Å². The fraction of sp³-hybridized carbons (Fsp3) is 0.857. The Morgan fingerprint density at radius 1 is 1.32 bits per heavy atom. The summed E-state index contributed by atoms with van der Waals surface area (Å²) >= 11 is 0. The molecule has 0 bridgehead atoms. The highest BCUT2D eigenvalue weighted by Gasteiger charge is 2.36. The van der Waals surface area contributed by atoms with E-state index in [9.17, 15) is 0 Å². The van der Waals surface area contributed by atoms with Gasteiger partial charge in [0.1, 0.15) is 6.10 Å². The van der Waals surface area contributed by atoms with E-state index >= 15 is 0 Å². The second-order valence-corrected chi connectivity index (χ2v) is 5.21. The van der Waals surface area contributed by atoms with Crippen LogP contribution in [0.5, 0.6) is 0 Å². The van der Waals surface area contributed by atoms with Gasteiger partial charge in [-0.3, -0.25) is 0 Å². The van der Waals surface area contributed by atoms with Gasteiger partial charge in [-0.1, -0.05) is 18.0 Å². The van der Waals surface area contributed by atoms with Gasteiger partial charge >= 0.3 is 0 Å². The van der Waals surface area contributed by atoms with Crippen molar-refractivity contribution in [3.63, 3.8) is 0 Å². The quantitative estimate of drug-likeness (QED) is 0.660. The van der Waals surface area contributed by atoms with E-state index in [0.29, 0.717) is 12.5 Å². The molecule has 1 aliphatic rings. The third kappa shape index (κ3) is 4.58. The Balaban J connectivity index is 1.77. The monoisotopic (exact) mass is 267 g/mol. The molecule has 108 valence electrons. The number of aryl methyl sites for hydroxylation is 1. The van der Waals surface area contributed by atoms with Gasteiger partial charge in [-0.15, -0.1) is 0 Å². The van der Waals surface area contributed by atoms with E-state index in [1.54, 1.807) is 0 Å². The van der Waals surface area contributed by atoms with Crippen LogP contribution in [-0.2, 0) is 11.2 Å². The molecular weight excluding hydrogens is 242 g/mol. The first-order valence-electron chi connectivity index (χ1n) is 7.49. The van der Waals surface area contributed by atoms with Crippen LogP contribution in [0.2, 0.25) is 0 Å². The molecule has 0 amide bonds. The minimum absolute atomic E-state index is 0.0414. The Hall–Kier alpha value is -0.940. The van der Waals surface area contributed by atoms with Crippen LogP contribution in [0.4, 0.5) is 0 Å². The van der Waals surface area contributed by atoms with Crippen LogP contribution in [0.15, 0.2) is 4.52 Å². The summed E-state index contributed by atoms with van der Waals surface area (Å²) in [6.45, 7) is 3.49. The van der Waals surface area contributed by atoms with Crippen molar-refractivity contribution in [1.29, 1.82) is 0 Å². The number of hydrogen-bond donors (Lipinski definition) is 1. The molecule has 1 aliphatic carbocycles. The predicted molar refractivity (Wildman–Crippen MR) is 72.6 cm³/mol. The summed E-state index contributed by atoms with van der Waals surface area (Å²) < 4.78 is 11.0. The van der Waals surface area contributed by atoms with Crippen molar-refractivity contribution in [3.05, 3.63) is 11.7 Å². The molecule has 1 unspecified atom stereocenters. The van der Waals surface area contributed by atoms with Gasteiger partial charge in [-0.25, -0.2) is 0 Å². The standard InChI is InChI=1S/C14H25N3O2/c1-2-18-13(11-8-9-11)14-16-12(19-17-14)7-5-3-4-6-10-15/h11,13H,2-10,15H2,1H3. The number of unbranched alkanes of at least 4 members (excludes halogenated alkanes) is 3. The summed E-state index contributed by atoms with van der Waals surface area (Å²) in [5.41, 5.74) is 5.47. The van der Waals surface area contributed by atoms with Gasteiger partial charge in [0.15, 0.2) is 0 Å². The van der Waals surface area contributed by atoms with Crippen LogP contribution in [0, 0.1) is 5.92 Å². The van der Waals surface area contributed by atoms with Crippen molar-refractivity contribution in [3.8, 4) is 0 Å². The molecule has 19 heavy (non-hydrogen) atoms. The van der Waals surface area contributed by atoms with Crippen LogP contribution in [0.25, 0.3) is 0 Å². The summed E-state index contributed by atoms with van der Waals surface area (Å²) in [6.07, 6.45) is 7.88. The third-order valence-corrected chi connectivity index (χ3v) is 3.48. The second-order valence-electron chi connectivity index (χ2n) is 5.21. The lowest BCUT2D eigenvalue weighted by Crippen LogP contribution is -2.08. The molecule has 2 rings (SSSR count). The predicted octanol–water partition coefficient (Wildman–Crippen LogP) is 2.62. The maximum Gasteiger partial charge on any atom is 0.226 e. The molecule has 1 aromatic rings. The van der Waals surface area contributed by atoms with Crippen molar-refractivity contribution in [2.24, 2.45) is 11.7 Å². The average Bonchev–Trinajstić information content (AvgIpc) is 3.15. The van der Waals surface area contributed by atoms with E-state index in [0.717, 1.165) is 37.5 Å². The summed E-state index contributed by atoms with van der Waals surface area (Å²) in [7, 11) is 0. The highest BCUT2D eigenvalue weighted by atomic mass is 16.5. The van der Waals surface area contributed by atoms with Crippen LogP contribution in [0.3, 0.4) is 0 Å². The molecule has 1 aromatic heterocycles. The normalized spacial score (nSPS) is 16.7. The molecule has 1 heterocycles. The van der Waals surface area contributed by atoms with Crippen LogP contribution in [-0.4, -0.2) is 23.3 Å². The minimum atomic E-state index is 0.0414. The minimum Gasteiger partial charge on any atom is -0.370 e. The first kappa shape index (κ1) is 14.5. The SMILES string of the molecule is CCOC(c1noc(CCCCCCN)n1)C1CC1.